The smallest absolute Gasteiger partial charge is 0.225 e. The van der Waals surface area contributed by atoms with Gasteiger partial charge in [0.2, 0.25) is 9.84 Å². The molecule has 0 saturated carbocycles. The highest BCUT2D eigenvalue weighted by atomic mass is 35.5. The van der Waals surface area contributed by atoms with Gasteiger partial charge in [-0.3, -0.25) is 5.10 Å². The summed E-state index contributed by atoms with van der Waals surface area (Å²) in [7, 11) is -3.67. The minimum Gasteiger partial charge on any atom is -0.281 e. The Morgan fingerprint density at radius 3 is 2.46 bits per heavy atom. The summed E-state index contributed by atoms with van der Waals surface area (Å²) >= 11 is 6.01. The fourth-order valence-electron chi connectivity index (χ4n) is 3.61. The van der Waals surface area contributed by atoms with Crippen molar-refractivity contribution in [3.63, 3.8) is 0 Å². The number of aromatic amines is 1. The summed E-state index contributed by atoms with van der Waals surface area (Å²) in [5.74, 6) is 0.00462. The van der Waals surface area contributed by atoms with Crippen LogP contribution in [0.2, 0.25) is 5.02 Å². The van der Waals surface area contributed by atoms with Crippen molar-refractivity contribution in [2.45, 2.75) is 42.0 Å². The van der Waals surface area contributed by atoms with E-state index >= 15 is 0 Å². The van der Waals surface area contributed by atoms with Crippen molar-refractivity contribution < 1.29 is 8.42 Å². The Morgan fingerprint density at radius 1 is 1.08 bits per heavy atom. The molecule has 1 aliphatic carbocycles. The van der Waals surface area contributed by atoms with Crippen LogP contribution in [0.15, 0.2) is 58.5 Å². The van der Waals surface area contributed by atoms with Crippen molar-refractivity contribution in [3.8, 4) is 0 Å². The first-order chi connectivity index (χ1) is 12.5. The van der Waals surface area contributed by atoms with Crippen LogP contribution in [0, 0.1) is 6.92 Å². The van der Waals surface area contributed by atoms with Crippen molar-refractivity contribution in [2.75, 3.05) is 0 Å². The highest BCUT2D eigenvalue weighted by Gasteiger charge is 2.33. The van der Waals surface area contributed by atoms with Crippen LogP contribution in [0.25, 0.3) is 0 Å². The minimum atomic E-state index is -3.67. The lowest BCUT2D eigenvalue weighted by molar-refractivity contribution is 0.580. The Hall–Kier alpha value is -2.11. The third-order valence-corrected chi connectivity index (χ3v) is 6.94. The maximum Gasteiger partial charge on any atom is 0.225 e. The standard InChI is InChI=1S/C20H19ClN2O2S/c1-13-5-11-16(12-6-13)26(24,25)20-19-17(3-2-4-18(19)22-23-20)14-7-9-15(21)10-8-14/h5-12,17H,2-4H2,1H3,(H,22,23). The molecular formula is C20H19ClN2O2S. The highest BCUT2D eigenvalue weighted by Crippen LogP contribution is 2.40. The molecule has 1 heterocycles. The molecule has 1 aliphatic rings. The van der Waals surface area contributed by atoms with Crippen LogP contribution < -0.4 is 0 Å². The maximum absolute atomic E-state index is 13.2. The number of nitrogens with one attached hydrogen (secondary N) is 1. The Bertz CT molecular complexity index is 1040. The quantitative estimate of drug-likeness (QED) is 0.711. The summed E-state index contributed by atoms with van der Waals surface area (Å²) in [6.07, 6.45) is 2.70. The van der Waals surface area contributed by atoms with Gasteiger partial charge in [0.05, 0.1) is 4.90 Å². The Kier molecular flexibility index (Phi) is 4.37. The molecule has 1 aromatic heterocycles. The number of H-pyrrole nitrogens is 1. The van der Waals surface area contributed by atoms with Gasteiger partial charge in [-0.15, -0.1) is 0 Å². The number of aryl methyl sites for hydroxylation is 2. The van der Waals surface area contributed by atoms with Crippen molar-refractivity contribution >= 4 is 21.4 Å². The molecule has 134 valence electrons. The van der Waals surface area contributed by atoms with Gasteiger partial charge >= 0.3 is 0 Å². The number of halogens is 1. The van der Waals surface area contributed by atoms with E-state index in [-0.39, 0.29) is 15.8 Å². The summed E-state index contributed by atoms with van der Waals surface area (Å²) < 4.78 is 26.4. The van der Waals surface area contributed by atoms with E-state index in [0.29, 0.717) is 5.02 Å². The average molecular weight is 387 g/mol. The minimum absolute atomic E-state index is 0.00462. The van der Waals surface area contributed by atoms with Crippen LogP contribution in [0.3, 0.4) is 0 Å². The summed E-state index contributed by atoms with van der Waals surface area (Å²) in [4.78, 5) is 0.276. The zero-order valence-electron chi connectivity index (χ0n) is 14.4. The zero-order valence-corrected chi connectivity index (χ0v) is 15.9. The van der Waals surface area contributed by atoms with Crippen LogP contribution in [-0.2, 0) is 16.3 Å². The first-order valence-electron chi connectivity index (χ1n) is 8.61. The summed E-state index contributed by atoms with van der Waals surface area (Å²) in [5, 5.41) is 8.01. The molecular weight excluding hydrogens is 368 g/mol. The van der Waals surface area contributed by atoms with Crippen molar-refractivity contribution in [3.05, 3.63) is 75.9 Å². The number of sulfone groups is 1. The Balaban J connectivity index is 1.84. The zero-order chi connectivity index (χ0) is 18.3. The second-order valence-corrected chi connectivity index (χ2v) is 9.04. The van der Waals surface area contributed by atoms with Gasteiger partial charge in [0.1, 0.15) is 0 Å². The van der Waals surface area contributed by atoms with Gasteiger partial charge in [0.25, 0.3) is 0 Å². The normalized spacial score (nSPS) is 17.1. The molecule has 0 radical (unpaired) electrons. The van der Waals surface area contributed by atoms with E-state index in [4.69, 9.17) is 11.6 Å². The molecule has 26 heavy (non-hydrogen) atoms. The Labute approximate surface area is 158 Å². The van der Waals surface area contributed by atoms with Crippen LogP contribution in [0.4, 0.5) is 0 Å². The van der Waals surface area contributed by atoms with Crippen LogP contribution in [0.5, 0.6) is 0 Å². The van der Waals surface area contributed by atoms with E-state index in [1.807, 2.05) is 43.3 Å². The maximum atomic E-state index is 13.2. The van der Waals surface area contributed by atoms with E-state index < -0.39 is 9.84 Å². The number of fused-ring (bicyclic) bond motifs is 1. The number of benzene rings is 2. The van der Waals surface area contributed by atoms with Crippen LogP contribution in [0.1, 0.15) is 41.1 Å². The first-order valence-corrected chi connectivity index (χ1v) is 10.5. The molecule has 1 N–H and O–H groups in total. The van der Waals surface area contributed by atoms with Gasteiger partial charge in [-0.2, -0.15) is 5.10 Å². The molecule has 4 rings (SSSR count). The summed E-state index contributed by atoms with van der Waals surface area (Å²) in [5.41, 5.74) is 3.81. The van der Waals surface area contributed by atoms with Crippen molar-refractivity contribution in [2.24, 2.45) is 0 Å². The molecule has 0 fully saturated rings. The average Bonchev–Trinajstić information content (AvgIpc) is 3.08. The van der Waals surface area contributed by atoms with Gasteiger partial charge in [-0.1, -0.05) is 41.4 Å². The predicted octanol–water partition coefficient (Wildman–Crippen LogP) is 4.67. The second kappa shape index (κ2) is 6.56. The van der Waals surface area contributed by atoms with Gasteiger partial charge in [-0.25, -0.2) is 8.42 Å². The van der Waals surface area contributed by atoms with E-state index in [0.717, 1.165) is 41.6 Å². The molecule has 3 aromatic rings. The molecule has 0 amide bonds. The second-order valence-electron chi connectivity index (χ2n) is 6.73. The fraction of sp³-hybridized carbons (Fsp3) is 0.250. The number of hydrogen-bond acceptors (Lipinski definition) is 3. The fourth-order valence-corrected chi connectivity index (χ4v) is 5.17. The van der Waals surface area contributed by atoms with E-state index in [1.165, 1.54) is 0 Å². The van der Waals surface area contributed by atoms with Gasteiger partial charge < -0.3 is 0 Å². The summed E-state index contributed by atoms with van der Waals surface area (Å²) in [6.45, 7) is 1.93. The van der Waals surface area contributed by atoms with Gasteiger partial charge in [0.15, 0.2) is 5.03 Å². The van der Waals surface area contributed by atoms with Crippen molar-refractivity contribution in [1.29, 1.82) is 0 Å². The number of nitrogens with zero attached hydrogens (tertiary/aromatic N) is 1. The molecule has 0 aliphatic heterocycles. The molecule has 0 saturated heterocycles. The molecule has 6 heteroatoms. The molecule has 0 bridgehead atoms. The van der Waals surface area contributed by atoms with Gasteiger partial charge in [0, 0.05) is 22.2 Å². The molecule has 2 aromatic carbocycles. The first kappa shape index (κ1) is 17.3. The highest BCUT2D eigenvalue weighted by molar-refractivity contribution is 7.91. The lowest BCUT2D eigenvalue weighted by Gasteiger charge is -2.23. The third kappa shape index (κ3) is 2.95. The number of aromatic nitrogens is 2. The predicted molar refractivity (Wildman–Crippen MR) is 101 cm³/mol. The molecule has 4 nitrogen and oxygen atoms in total. The lowest BCUT2D eigenvalue weighted by atomic mass is 9.82. The van der Waals surface area contributed by atoms with Crippen LogP contribution in [-0.4, -0.2) is 18.6 Å². The lowest BCUT2D eigenvalue weighted by Crippen LogP contribution is -2.14. The van der Waals surface area contributed by atoms with Gasteiger partial charge in [-0.05, 0) is 56.0 Å². The largest absolute Gasteiger partial charge is 0.281 e. The SMILES string of the molecule is Cc1ccc(S(=O)(=O)c2n[nH]c3c2C(c2ccc(Cl)cc2)CCC3)cc1. The molecule has 1 unspecified atom stereocenters. The van der Waals surface area contributed by atoms with E-state index in [1.54, 1.807) is 12.1 Å². The molecule has 1 atom stereocenters. The molecule has 0 spiro atoms. The monoisotopic (exact) mass is 386 g/mol. The summed E-state index contributed by atoms with van der Waals surface area (Å²) in [6, 6.07) is 14.5. The topological polar surface area (TPSA) is 62.8 Å². The number of rotatable bonds is 3. The van der Waals surface area contributed by atoms with Crippen LogP contribution >= 0.6 is 11.6 Å². The van der Waals surface area contributed by atoms with E-state index in [2.05, 4.69) is 10.2 Å². The van der Waals surface area contributed by atoms with Crippen molar-refractivity contribution in [1.82, 2.24) is 10.2 Å². The number of hydrogen-bond donors (Lipinski definition) is 1. The third-order valence-electron chi connectivity index (χ3n) is 4.97. The van der Waals surface area contributed by atoms with E-state index in [9.17, 15) is 8.42 Å². The Morgan fingerprint density at radius 2 is 1.77 bits per heavy atom.